The fraction of sp³-hybridized carbons (Fsp3) is 0.393. The van der Waals surface area contributed by atoms with Crippen LogP contribution in [0.4, 0.5) is 5.82 Å². The summed E-state index contributed by atoms with van der Waals surface area (Å²) in [7, 11) is 3.37. The minimum Gasteiger partial charge on any atom is -0.497 e. The topological polar surface area (TPSA) is 67.8 Å². The highest BCUT2D eigenvalue weighted by Crippen LogP contribution is 2.33. The molecule has 1 amide bonds. The summed E-state index contributed by atoms with van der Waals surface area (Å²) in [4.78, 5) is 27.0. The van der Waals surface area contributed by atoms with Crippen LogP contribution in [0.5, 0.6) is 5.75 Å². The monoisotopic (exact) mass is 472 g/mol. The molecule has 35 heavy (non-hydrogen) atoms. The molecule has 7 nitrogen and oxygen atoms in total. The summed E-state index contributed by atoms with van der Waals surface area (Å²) in [6.45, 7) is 3.36. The van der Waals surface area contributed by atoms with Gasteiger partial charge in [-0.05, 0) is 30.5 Å². The third-order valence-corrected chi connectivity index (χ3v) is 6.74. The molecule has 1 saturated heterocycles. The van der Waals surface area contributed by atoms with Gasteiger partial charge in [-0.3, -0.25) is 4.79 Å². The average Bonchev–Trinajstić information content (AvgIpc) is 3.76. The second-order valence-corrected chi connectivity index (χ2v) is 9.21. The molecule has 1 aliphatic heterocycles. The van der Waals surface area contributed by atoms with Crippen LogP contribution in [0.15, 0.2) is 54.6 Å². The predicted octanol–water partition coefficient (Wildman–Crippen LogP) is 3.95. The van der Waals surface area contributed by atoms with Crippen LogP contribution in [0.25, 0.3) is 11.4 Å². The van der Waals surface area contributed by atoms with Crippen molar-refractivity contribution in [1.82, 2.24) is 14.9 Å². The van der Waals surface area contributed by atoms with Crippen molar-refractivity contribution < 1.29 is 14.3 Å². The summed E-state index contributed by atoms with van der Waals surface area (Å²) in [5, 5.41) is 0. The van der Waals surface area contributed by atoms with E-state index in [1.807, 2.05) is 47.4 Å². The molecule has 0 bridgehead atoms. The van der Waals surface area contributed by atoms with E-state index in [1.54, 1.807) is 14.2 Å². The molecule has 2 aliphatic rings. The lowest BCUT2D eigenvalue weighted by atomic mass is 10.0. The zero-order chi connectivity index (χ0) is 24.2. The van der Waals surface area contributed by atoms with E-state index in [-0.39, 0.29) is 5.92 Å². The van der Waals surface area contributed by atoms with Gasteiger partial charge in [0.25, 0.3) is 0 Å². The van der Waals surface area contributed by atoms with Gasteiger partial charge >= 0.3 is 0 Å². The lowest BCUT2D eigenvalue weighted by Crippen LogP contribution is -2.49. The molecule has 2 fully saturated rings. The van der Waals surface area contributed by atoms with Gasteiger partial charge in [0, 0.05) is 56.8 Å². The number of ether oxygens (including phenoxy) is 2. The highest BCUT2D eigenvalue weighted by atomic mass is 16.5. The molecule has 1 aromatic heterocycles. The standard InChI is InChI=1S/C28H32N4O3/c1-34-19-25-24(18-20-8-12-23(35-2)13-9-20)27(30-26(29-25)21-6-4-3-5-7-21)31-14-16-32(17-15-31)28(33)22-10-11-22/h3-9,12-13,22H,10-11,14-19H2,1-2H3. The Labute approximate surface area is 206 Å². The van der Waals surface area contributed by atoms with E-state index in [9.17, 15) is 4.79 Å². The largest absolute Gasteiger partial charge is 0.497 e. The first kappa shape index (κ1) is 23.3. The number of hydrogen-bond donors (Lipinski definition) is 0. The Morgan fingerprint density at radius 1 is 0.943 bits per heavy atom. The zero-order valence-electron chi connectivity index (χ0n) is 20.4. The molecule has 1 saturated carbocycles. The van der Waals surface area contributed by atoms with Crippen LogP contribution in [0.3, 0.4) is 0 Å². The van der Waals surface area contributed by atoms with Gasteiger partial charge in [-0.25, -0.2) is 9.97 Å². The number of carbonyl (C=O) groups is 1. The number of benzene rings is 2. The summed E-state index contributed by atoms with van der Waals surface area (Å²) in [6, 6.07) is 18.2. The van der Waals surface area contributed by atoms with Crippen LogP contribution in [-0.2, 0) is 22.6 Å². The van der Waals surface area contributed by atoms with Gasteiger partial charge < -0.3 is 19.3 Å². The third-order valence-electron chi connectivity index (χ3n) is 6.74. The predicted molar refractivity (Wildman–Crippen MR) is 135 cm³/mol. The fourth-order valence-corrected chi connectivity index (χ4v) is 4.61. The second-order valence-electron chi connectivity index (χ2n) is 9.21. The summed E-state index contributed by atoms with van der Waals surface area (Å²) >= 11 is 0. The molecule has 2 aromatic carbocycles. The molecular weight excluding hydrogens is 440 g/mol. The first-order chi connectivity index (χ1) is 17.2. The van der Waals surface area contributed by atoms with E-state index in [0.29, 0.717) is 24.8 Å². The van der Waals surface area contributed by atoms with Crippen molar-refractivity contribution in [3.63, 3.8) is 0 Å². The van der Waals surface area contributed by atoms with Crippen LogP contribution >= 0.6 is 0 Å². The number of nitrogens with zero attached hydrogens (tertiary/aromatic N) is 4. The number of piperazine rings is 1. The molecule has 0 unspecified atom stereocenters. The van der Waals surface area contributed by atoms with Crippen molar-refractivity contribution in [2.75, 3.05) is 45.3 Å². The van der Waals surface area contributed by atoms with Crippen LogP contribution in [0, 0.1) is 5.92 Å². The van der Waals surface area contributed by atoms with Crippen molar-refractivity contribution in [1.29, 1.82) is 0 Å². The zero-order valence-corrected chi connectivity index (χ0v) is 20.4. The second kappa shape index (κ2) is 10.4. The number of methoxy groups -OCH3 is 2. The highest BCUT2D eigenvalue weighted by Gasteiger charge is 2.35. The van der Waals surface area contributed by atoms with Crippen molar-refractivity contribution in [3.05, 3.63) is 71.4 Å². The van der Waals surface area contributed by atoms with Gasteiger partial charge in [-0.15, -0.1) is 0 Å². The molecule has 0 atom stereocenters. The van der Waals surface area contributed by atoms with E-state index in [0.717, 1.165) is 73.0 Å². The molecule has 0 radical (unpaired) electrons. The summed E-state index contributed by atoms with van der Waals surface area (Å²) in [5.74, 6) is 3.03. The van der Waals surface area contributed by atoms with E-state index in [4.69, 9.17) is 19.4 Å². The van der Waals surface area contributed by atoms with Crippen molar-refractivity contribution in [2.24, 2.45) is 5.92 Å². The maximum atomic E-state index is 12.6. The Morgan fingerprint density at radius 3 is 2.29 bits per heavy atom. The maximum absolute atomic E-state index is 12.6. The fourth-order valence-electron chi connectivity index (χ4n) is 4.61. The summed E-state index contributed by atoms with van der Waals surface area (Å²) in [6.07, 6.45) is 2.77. The number of hydrogen-bond acceptors (Lipinski definition) is 6. The molecule has 0 spiro atoms. The number of rotatable bonds is 8. The lowest BCUT2D eigenvalue weighted by molar-refractivity contribution is -0.132. The number of anilines is 1. The average molecular weight is 473 g/mol. The van der Waals surface area contributed by atoms with Crippen LogP contribution in [-0.4, -0.2) is 61.2 Å². The maximum Gasteiger partial charge on any atom is 0.225 e. The molecule has 3 aromatic rings. The van der Waals surface area contributed by atoms with Gasteiger partial charge in [0.05, 0.1) is 19.4 Å². The normalized spacial score (nSPS) is 15.8. The van der Waals surface area contributed by atoms with Crippen LogP contribution in [0.1, 0.15) is 29.7 Å². The summed E-state index contributed by atoms with van der Waals surface area (Å²) in [5.41, 5.74) is 4.09. The first-order valence-corrected chi connectivity index (χ1v) is 12.3. The van der Waals surface area contributed by atoms with Gasteiger partial charge in [-0.1, -0.05) is 42.5 Å². The van der Waals surface area contributed by atoms with Crippen LogP contribution in [0.2, 0.25) is 0 Å². The van der Waals surface area contributed by atoms with Crippen LogP contribution < -0.4 is 9.64 Å². The van der Waals surface area contributed by atoms with Gasteiger partial charge in [0.15, 0.2) is 5.82 Å². The van der Waals surface area contributed by atoms with E-state index in [1.165, 1.54) is 0 Å². The molecular formula is C28H32N4O3. The van der Waals surface area contributed by atoms with Crippen molar-refractivity contribution in [3.8, 4) is 17.1 Å². The summed E-state index contributed by atoms with van der Waals surface area (Å²) < 4.78 is 10.9. The SMILES string of the molecule is COCc1nc(-c2ccccc2)nc(N2CCN(C(=O)C3CC3)CC2)c1Cc1ccc(OC)cc1. The number of carbonyl (C=O) groups excluding carboxylic acids is 1. The van der Waals surface area contributed by atoms with Gasteiger partial charge in [0.1, 0.15) is 11.6 Å². The Balaban J connectivity index is 1.50. The molecule has 182 valence electrons. The Morgan fingerprint density at radius 2 is 1.66 bits per heavy atom. The first-order valence-electron chi connectivity index (χ1n) is 12.3. The van der Waals surface area contributed by atoms with Crippen molar-refractivity contribution >= 4 is 11.7 Å². The third kappa shape index (κ3) is 5.30. The molecule has 2 heterocycles. The van der Waals surface area contributed by atoms with Gasteiger partial charge in [0.2, 0.25) is 5.91 Å². The molecule has 0 N–H and O–H groups in total. The molecule has 5 rings (SSSR count). The number of amides is 1. The van der Waals surface area contributed by atoms with E-state index < -0.39 is 0 Å². The Kier molecular flexibility index (Phi) is 6.95. The highest BCUT2D eigenvalue weighted by molar-refractivity contribution is 5.81. The smallest absolute Gasteiger partial charge is 0.225 e. The molecule has 7 heteroatoms. The number of aromatic nitrogens is 2. The minimum absolute atomic E-state index is 0.254. The van der Waals surface area contributed by atoms with E-state index in [2.05, 4.69) is 17.0 Å². The Bertz CT molecular complexity index is 1150. The van der Waals surface area contributed by atoms with E-state index >= 15 is 0 Å². The molecule has 1 aliphatic carbocycles. The van der Waals surface area contributed by atoms with Gasteiger partial charge in [-0.2, -0.15) is 0 Å². The van der Waals surface area contributed by atoms with Crippen molar-refractivity contribution in [2.45, 2.75) is 25.9 Å². The Hall–Kier alpha value is -3.45. The minimum atomic E-state index is 0.254. The quantitative estimate of drug-likeness (QED) is 0.495. The lowest BCUT2D eigenvalue weighted by Gasteiger charge is -2.37.